The van der Waals surface area contributed by atoms with Crippen LogP contribution in [0.1, 0.15) is 77.6 Å². The van der Waals surface area contributed by atoms with E-state index in [-0.39, 0.29) is 0 Å². The average Bonchev–Trinajstić information content (AvgIpc) is 2.97. The second-order valence-electron chi connectivity index (χ2n) is 4.77. The van der Waals surface area contributed by atoms with Gasteiger partial charge in [0.2, 0.25) is 0 Å². The number of hydrogen-bond donors (Lipinski definition) is 0. The molecule has 0 aliphatic heterocycles. The summed E-state index contributed by atoms with van der Waals surface area (Å²) in [4.78, 5) is 0. The maximum Gasteiger partial charge on any atom is -0.00823 e. The fourth-order valence-electron chi connectivity index (χ4n) is 2.57. The highest BCUT2D eigenvalue weighted by molar-refractivity contribution is 5.67. The molecular weight excluding hydrogens is 324 g/mol. The van der Waals surface area contributed by atoms with Crippen LogP contribution in [0.2, 0.25) is 0 Å². The first kappa shape index (κ1) is 26.9. The molecule has 0 heterocycles. The molecule has 0 amide bonds. The van der Waals surface area contributed by atoms with Crippen LogP contribution in [-0.2, 0) is 6.42 Å². The molecule has 27 heavy (non-hydrogen) atoms. The van der Waals surface area contributed by atoms with Crippen LogP contribution >= 0.6 is 0 Å². The molecule has 0 spiro atoms. The van der Waals surface area contributed by atoms with Crippen LogP contribution in [0.5, 0.6) is 0 Å². The van der Waals surface area contributed by atoms with Crippen LogP contribution < -0.4 is 10.4 Å². The molecule has 0 radical (unpaired) electrons. The van der Waals surface area contributed by atoms with Gasteiger partial charge in [-0.1, -0.05) is 111 Å². The maximum atomic E-state index is 3.88. The minimum atomic E-state index is 0.976. The van der Waals surface area contributed by atoms with E-state index in [0.717, 1.165) is 17.5 Å². The van der Waals surface area contributed by atoms with Gasteiger partial charge in [-0.25, -0.2) is 0 Å². The zero-order chi connectivity index (χ0) is 21.2. The number of hydrogen-bond acceptors (Lipinski definition) is 0. The van der Waals surface area contributed by atoms with Crippen LogP contribution in [0.25, 0.3) is 24.3 Å². The molecule has 0 bridgehead atoms. The van der Waals surface area contributed by atoms with Gasteiger partial charge in [0.15, 0.2) is 0 Å². The first-order chi connectivity index (χ1) is 13.3. The molecule has 0 heteroatoms. The van der Waals surface area contributed by atoms with E-state index in [9.17, 15) is 0 Å². The molecule has 0 aromatic heterocycles. The fourth-order valence-corrected chi connectivity index (χ4v) is 2.57. The van der Waals surface area contributed by atoms with Gasteiger partial charge in [0.1, 0.15) is 0 Å². The van der Waals surface area contributed by atoms with Crippen molar-refractivity contribution >= 4 is 24.3 Å². The molecule has 1 aliphatic carbocycles. The van der Waals surface area contributed by atoms with Gasteiger partial charge in [0.05, 0.1) is 0 Å². The zero-order valence-corrected chi connectivity index (χ0v) is 18.9. The second kappa shape index (κ2) is 17.1. The Labute approximate surface area is 168 Å². The summed E-state index contributed by atoms with van der Waals surface area (Å²) in [6.07, 6.45) is 9.31. The van der Waals surface area contributed by atoms with Crippen LogP contribution in [0.15, 0.2) is 49.6 Å². The first-order valence-corrected chi connectivity index (χ1v) is 10.5. The summed E-state index contributed by atoms with van der Waals surface area (Å²) in [7, 11) is 0. The van der Waals surface area contributed by atoms with Crippen molar-refractivity contribution in [2.24, 2.45) is 0 Å². The molecule has 2 aromatic carbocycles. The van der Waals surface area contributed by atoms with Gasteiger partial charge < -0.3 is 0 Å². The molecule has 2 aromatic rings. The van der Waals surface area contributed by atoms with E-state index in [1.165, 1.54) is 21.6 Å². The lowest BCUT2D eigenvalue weighted by molar-refractivity contribution is 1.32. The molecule has 1 aliphatic rings. The van der Waals surface area contributed by atoms with Crippen molar-refractivity contribution in [3.05, 3.63) is 82.2 Å². The quantitative estimate of drug-likeness (QED) is 0.526. The predicted molar refractivity (Wildman–Crippen MR) is 129 cm³/mol. The van der Waals surface area contributed by atoms with Crippen LogP contribution in [0.3, 0.4) is 0 Å². The summed E-state index contributed by atoms with van der Waals surface area (Å²) in [6.45, 7) is 23.8. The van der Waals surface area contributed by atoms with Crippen molar-refractivity contribution in [3.8, 4) is 0 Å². The Balaban J connectivity index is 0. The van der Waals surface area contributed by atoms with Gasteiger partial charge in [-0.15, -0.1) is 0 Å². The van der Waals surface area contributed by atoms with E-state index >= 15 is 0 Å². The van der Waals surface area contributed by atoms with Gasteiger partial charge in [-0.3, -0.25) is 0 Å². The molecule has 0 atom stereocenters. The highest BCUT2D eigenvalue weighted by Gasteiger charge is 2.03. The van der Waals surface area contributed by atoms with Crippen LogP contribution in [-0.4, -0.2) is 0 Å². The Kier molecular flexibility index (Phi) is 17.0. The summed E-state index contributed by atoms with van der Waals surface area (Å²) in [5.74, 6) is 0. The van der Waals surface area contributed by atoms with Crippen molar-refractivity contribution in [1.29, 1.82) is 0 Å². The normalized spacial score (nSPS) is 9.48. The maximum absolute atomic E-state index is 3.88. The lowest BCUT2D eigenvalue weighted by Crippen LogP contribution is -2.25. The monoisotopic (exact) mass is 364 g/mol. The van der Waals surface area contributed by atoms with Gasteiger partial charge in [-0.05, 0) is 57.3 Å². The summed E-state index contributed by atoms with van der Waals surface area (Å²) >= 11 is 0. The van der Waals surface area contributed by atoms with Crippen molar-refractivity contribution in [2.45, 2.75) is 61.8 Å². The predicted octanol–water partition coefficient (Wildman–Crippen LogP) is 7.24. The molecule has 0 fully saturated rings. The minimum Gasteiger partial charge on any atom is -0.0984 e. The lowest BCUT2D eigenvalue weighted by atomic mass is 10.0. The van der Waals surface area contributed by atoms with E-state index in [1.807, 2.05) is 67.5 Å². The van der Waals surface area contributed by atoms with Crippen LogP contribution in [0.4, 0.5) is 0 Å². The molecule has 0 saturated heterocycles. The number of fused-ring (bicyclic) bond motifs is 2. The largest absolute Gasteiger partial charge is 0.0984 e. The SMILES string of the molecule is C=Cc1cc2c(cc1C=C)=Cc1ccccc1CC=2.CC.CC.CC.CC. The van der Waals surface area contributed by atoms with Gasteiger partial charge in [0, 0.05) is 0 Å². The summed E-state index contributed by atoms with van der Waals surface area (Å²) in [5, 5.41) is 2.53. The summed E-state index contributed by atoms with van der Waals surface area (Å²) in [6, 6.07) is 12.9. The number of rotatable bonds is 2. The summed E-state index contributed by atoms with van der Waals surface area (Å²) < 4.78 is 0. The topological polar surface area (TPSA) is 0 Å². The van der Waals surface area contributed by atoms with E-state index in [2.05, 4.69) is 61.7 Å². The van der Waals surface area contributed by atoms with E-state index in [1.54, 1.807) is 0 Å². The molecular formula is C27H40. The Morgan fingerprint density at radius 3 is 1.70 bits per heavy atom. The molecule has 3 rings (SSSR count). The van der Waals surface area contributed by atoms with Crippen molar-refractivity contribution in [2.75, 3.05) is 0 Å². The Bertz CT molecular complexity index is 776. The Hall–Kier alpha value is -2.34. The summed E-state index contributed by atoms with van der Waals surface area (Å²) in [5.41, 5.74) is 4.96. The van der Waals surface area contributed by atoms with Crippen molar-refractivity contribution in [3.63, 3.8) is 0 Å². The van der Waals surface area contributed by atoms with Gasteiger partial charge >= 0.3 is 0 Å². The standard InChI is InChI=1S/C19H16.4C2H6/c1-3-14-11-18-10-9-16-7-5-6-8-17(16)13-19(18)12-15(14)4-2;4*1-2/h3-8,10-13H,1-2,9H2;4*1-2H3. The third kappa shape index (κ3) is 7.83. The smallest absolute Gasteiger partial charge is 0.00823 e. The minimum absolute atomic E-state index is 0.976. The Morgan fingerprint density at radius 1 is 0.704 bits per heavy atom. The van der Waals surface area contributed by atoms with E-state index in [0.29, 0.717) is 0 Å². The molecule has 0 nitrogen and oxygen atoms in total. The molecule has 0 N–H and O–H groups in total. The fraction of sp³-hybridized carbons (Fsp3) is 0.333. The highest BCUT2D eigenvalue weighted by atomic mass is 14.1. The first-order valence-electron chi connectivity index (χ1n) is 10.5. The Morgan fingerprint density at radius 2 is 1.19 bits per heavy atom. The number of benzene rings is 2. The van der Waals surface area contributed by atoms with Gasteiger partial charge in [-0.2, -0.15) is 0 Å². The van der Waals surface area contributed by atoms with Gasteiger partial charge in [0.25, 0.3) is 0 Å². The zero-order valence-electron chi connectivity index (χ0n) is 18.9. The van der Waals surface area contributed by atoms with E-state index < -0.39 is 0 Å². The van der Waals surface area contributed by atoms with Crippen molar-refractivity contribution < 1.29 is 0 Å². The molecule has 0 saturated carbocycles. The second-order valence-corrected chi connectivity index (χ2v) is 4.77. The van der Waals surface area contributed by atoms with Crippen LogP contribution in [0, 0.1) is 0 Å². The lowest BCUT2D eigenvalue weighted by Gasteiger charge is -2.01. The third-order valence-corrected chi connectivity index (χ3v) is 3.64. The molecule has 0 unspecified atom stereocenters. The average molecular weight is 365 g/mol. The van der Waals surface area contributed by atoms with Crippen molar-refractivity contribution in [1.82, 2.24) is 0 Å². The molecule has 148 valence electrons. The van der Waals surface area contributed by atoms with E-state index in [4.69, 9.17) is 0 Å². The third-order valence-electron chi connectivity index (χ3n) is 3.64. The highest BCUT2D eigenvalue weighted by Crippen LogP contribution is 2.13.